The smallest absolute Gasteiger partial charge is 0.0205 e. The highest BCUT2D eigenvalue weighted by Gasteiger charge is 2.31. The first-order chi connectivity index (χ1) is 11.9. The van der Waals surface area contributed by atoms with Gasteiger partial charge in [-0.05, 0) is 53.0 Å². The fourth-order valence-corrected chi connectivity index (χ4v) is 4.06. The van der Waals surface area contributed by atoms with Gasteiger partial charge in [0.05, 0.1) is 0 Å². The molecule has 0 saturated carbocycles. The molecule has 1 unspecified atom stereocenters. The van der Waals surface area contributed by atoms with E-state index in [2.05, 4.69) is 88.2 Å². The zero-order chi connectivity index (χ0) is 16.8. The van der Waals surface area contributed by atoms with Crippen molar-refractivity contribution in [1.82, 2.24) is 4.90 Å². The van der Waals surface area contributed by atoms with Crippen molar-refractivity contribution in [2.24, 2.45) is 0 Å². The minimum Gasteiger partial charge on any atom is -0.296 e. The summed E-state index contributed by atoms with van der Waals surface area (Å²) in [5, 5.41) is 0. The van der Waals surface area contributed by atoms with Gasteiger partial charge in [-0.15, -0.1) is 0 Å². The number of piperidine rings is 1. The van der Waals surface area contributed by atoms with Crippen LogP contribution < -0.4 is 0 Å². The molecule has 0 radical (unpaired) electrons. The summed E-state index contributed by atoms with van der Waals surface area (Å²) in [7, 11) is 0. The second-order valence-electron chi connectivity index (χ2n) is 6.53. The summed E-state index contributed by atoms with van der Waals surface area (Å²) in [5.74, 6) is 0. The quantitative estimate of drug-likeness (QED) is 0.429. The van der Waals surface area contributed by atoms with Crippen LogP contribution >= 0.6 is 22.6 Å². The predicted octanol–water partition coefficient (Wildman–Crippen LogP) is 5.80. The molecule has 2 aliphatic rings. The Kier molecular flexibility index (Phi) is 6.50. The van der Waals surface area contributed by atoms with E-state index in [1.807, 2.05) is 4.93 Å². The number of fused-ring (bicyclic) bond motifs is 1. The van der Waals surface area contributed by atoms with E-state index in [-0.39, 0.29) is 0 Å². The third-order valence-corrected chi connectivity index (χ3v) is 5.10. The van der Waals surface area contributed by atoms with Gasteiger partial charge in [-0.25, -0.2) is 0 Å². The van der Waals surface area contributed by atoms with E-state index in [1.165, 1.54) is 48.9 Å². The van der Waals surface area contributed by atoms with E-state index in [1.54, 1.807) is 5.57 Å². The second kappa shape index (κ2) is 8.82. The molecule has 2 saturated heterocycles. The van der Waals surface area contributed by atoms with Gasteiger partial charge in [-0.2, -0.15) is 0 Å². The first-order valence-electron chi connectivity index (χ1n) is 8.86. The molecule has 126 valence electrons. The summed E-state index contributed by atoms with van der Waals surface area (Å²) in [6.45, 7) is 2.44. The van der Waals surface area contributed by atoms with Gasteiger partial charge >= 0.3 is 0 Å². The lowest BCUT2D eigenvalue weighted by Gasteiger charge is -2.28. The molecule has 0 N–H and O–H groups in total. The van der Waals surface area contributed by atoms with E-state index < -0.39 is 0 Å². The highest BCUT2D eigenvalue weighted by Crippen LogP contribution is 2.37. The Morgan fingerprint density at radius 1 is 0.875 bits per heavy atom. The van der Waals surface area contributed by atoms with Crippen LogP contribution in [-0.4, -0.2) is 29.0 Å². The predicted molar refractivity (Wildman–Crippen MR) is 113 cm³/mol. The van der Waals surface area contributed by atoms with Crippen LogP contribution in [0.2, 0.25) is 0 Å². The fourth-order valence-electron chi connectivity index (χ4n) is 4.06. The molecule has 0 spiro atoms. The molecule has 24 heavy (non-hydrogen) atoms. The average Bonchev–Trinajstić information content (AvgIpc) is 3.09. The summed E-state index contributed by atoms with van der Waals surface area (Å²) in [6, 6.07) is 22.6. The van der Waals surface area contributed by atoms with E-state index in [9.17, 15) is 0 Å². The molecule has 1 atom stereocenters. The number of hydrogen-bond acceptors (Lipinski definition) is 1. The van der Waals surface area contributed by atoms with Crippen LogP contribution in [0.5, 0.6) is 0 Å². The Labute approximate surface area is 159 Å². The molecule has 1 nitrogen and oxygen atoms in total. The van der Waals surface area contributed by atoms with Crippen molar-refractivity contribution in [2.75, 3.05) is 18.0 Å². The summed E-state index contributed by atoms with van der Waals surface area (Å²) >= 11 is 2.15. The lowest BCUT2D eigenvalue weighted by Crippen LogP contribution is -2.33. The van der Waals surface area contributed by atoms with Gasteiger partial charge in [0.1, 0.15) is 0 Å². The average molecular weight is 431 g/mol. The standard InChI is InChI=1S/C21H23N.CH3I/c1-3-9-17(10-4-1)21(18-11-5-2-6-12-18)19-15-20-13-7-8-14-22(20)16-19;1-2/h1-6,9-12,20H,7-8,13-16H2;1H3. The fraction of sp³-hybridized carbons (Fsp3) is 0.364. The minimum absolute atomic E-state index is 0.783. The molecule has 2 fully saturated rings. The van der Waals surface area contributed by atoms with Crippen LogP contribution in [0, 0.1) is 0 Å². The number of nitrogens with zero attached hydrogens (tertiary/aromatic N) is 1. The van der Waals surface area contributed by atoms with Crippen molar-refractivity contribution in [3.05, 3.63) is 77.4 Å². The van der Waals surface area contributed by atoms with Gasteiger partial charge in [0.2, 0.25) is 0 Å². The Bertz CT molecular complexity index is 605. The monoisotopic (exact) mass is 431 g/mol. The van der Waals surface area contributed by atoms with Crippen molar-refractivity contribution in [2.45, 2.75) is 31.7 Å². The topological polar surface area (TPSA) is 3.24 Å². The number of rotatable bonds is 2. The summed E-state index contributed by atoms with van der Waals surface area (Å²) in [6.07, 6.45) is 5.40. The van der Waals surface area contributed by atoms with Crippen LogP contribution in [0.25, 0.3) is 5.57 Å². The molecule has 0 aliphatic carbocycles. The normalized spacial score (nSPS) is 20.1. The molecular formula is C22H26IN. The van der Waals surface area contributed by atoms with Crippen LogP contribution in [0.1, 0.15) is 36.8 Å². The first-order valence-corrected chi connectivity index (χ1v) is 11.0. The molecule has 4 rings (SSSR count). The van der Waals surface area contributed by atoms with Gasteiger partial charge in [-0.3, -0.25) is 4.90 Å². The zero-order valence-corrected chi connectivity index (χ0v) is 16.6. The van der Waals surface area contributed by atoms with Crippen molar-refractivity contribution in [3.63, 3.8) is 0 Å². The molecule has 2 heteroatoms. The summed E-state index contributed by atoms with van der Waals surface area (Å²) in [4.78, 5) is 4.67. The number of hydrogen-bond donors (Lipinski definition) is 0. The van der Waals surface area contributed by atoms with Gasteiger partial charge in [0, 0.05) is 12.6 Å². The molecular weight excluding hydrogens is 405 g/mol. The first kappa shape index (κ1) is 17.7. The SMILES string of the molecule is CI.c1ccc(C(=C2CC3CCCCN3C2)c2ccccc2)cc1. The van der Waals surface area contributed by atoms with Crippen LogP contribution in [0.4, 0.5) is 0 Å². The third kappa shape index (κ3) is 3.92. The Balaban J connectivity index is 0.000000815. The van der Waals surface area contributed by atoms with Gasteiger partial charge < -0.3 is 0 Å². The highest BCUT2D eigenvalue weighted by atomic mass is 127. The van der Waals surface area contributed by atoms with Crippen LogP contribution in [0.3, 0.4) is 0 Å². The van der Waals surface area contributed by atoms with Crippen LogP contribution in [-0.2, 0) is 0 Å². The molecule has 2 aromatic rings. The van der Waals surface area contributed by atoms with Gasteiger partial charge in [0.25, 0.3) is 0 Å². The number of alkyl halides is 1. The van der Waals surface area contributed by atoms with E-state index >= 15 is 0 Å². The lowest BCUT2D eigenvalue weighted by molar-refractivity contribution is 0.199. The van der Waals surface area contributed by atoms with Crippen molar-refractivity contribution in [3.8, 4) is 0 Å². The van der Waals surface area contributed by atoms with Crippen molar-refractivity contribution in [1.29, 1.82) is 0 Å². The minimum atomic E-state index is 0.783. The second-order valence-corrected chi connectivity index (χ2v) is 6.53. The van der Waals surface area contributed by atoms with Gasteiger partial charge in [-0.1, -0.05) is 89.7 Å². The largest absolute Gasteiger partial charge is 0.296 e. The number of benzene rings is 2. The molecule has 0 aromatic heterocycles. The Hall–Kier alpha value is -1.13. The molecule has 2 aliphatic heterocycles. The molecule has 2 aromatic carbocycles. The maximum Gasteiger partial charge on any atom is 0.0205 e. The maximum atomic E-state index is 2.70. The molecule has 0 bridgehead atoms. The lowest BCUT2D eigenvalue weighted by atomic mass is 9.91. The zero-order valence-electron chi connectivity index (χ0n) is 14.4. The van der Waals surface area contributed by atoms with E-state index in [0.29, 0.717) is 0 Å². The van der Waals surface area contributed by atoms with E-state index in [4.69, 9.17) is 0 Å². The Morgan fingerprint density at radius 2 is 1.46 bits per heavy atom. The van der Waals surface area contributed by atoms with Crippen LogP contribution in [0.15, 0.2) is 66.2 Å². The van der Waals surface area contributed by atoms with E-state index in [0.717, 1.165) is 12.6 Å². The van der Waals surface area contributed by atoms with Crippen molar-refractivity contribution >= 4 is 28.2 Å². The number of halogens is 1. The van der Waals surface area contributed by atoms with Crippen molar-refractivity contribution < 1.29 is 0 Å². The third-order valence-electron chi connectivity index (χ3n) is 5.10. The molecule has 2 heterocycles. The summed E-state index contributed by atoms with van der Waals surface area (Å²) in [5.41, 5.74) is 5.83. The molecule has 0 amide bonds. The Morgan fingerprint density at radius 3 is 2.00 bits per heavy atom. The highest BCUT2D eigenvalue weighted by molar-refractivity contribution is 14.1. The summed E-state index contributed by atoms with van der Waals surface area (Å²) < 4.78 is 0. The maximum absolute atomic E-state index is 2.70. The van der Waals surface area contributed by atoms with Gasteiger partial charge in [0.15, 0.2) is 0 Å².